The van der Waals surface area contributed by atoms with Gasteiger partial charge < -0.3 is 5.73 Å². The number of non-ortho nitro benzene ring substituents is 1. The van der Waals surface area contributed by atoms with Crippen LogP contribution in [0.3, 0.4) is 0 Å². The lowest BCUT2D eigenvalue weighted by Crippen LogP contribution is -2.12. The molecule has 0 spiro atoms. The third-order valence-corrected chi connectivity index (χ3v) is 4.48. The maximum Gasteiger partial charge on any atom is 0.291 e. The van der Waals surface area contributed by atoms with Crippen LogP contribution < -0.4 is 10.5 Å². The van der Waals surface area contributed by atoms with Crippen molar-refractivity contribution in [2.45, 2.75) is 4.34 Å². The molecule has 0 unspecified atom stereocenters. The number of anilines is 2. The van der Waals surface area contributed by atoms with E-state index in [1.165, 1.54) is 24.3 Å². The van der Waals surface area contributed by atoms with Crippen molar-refractivity contribution in [2.24, 2.45) is 0 Å². The topological polar surface area (TPSA) is 141 Å². The molecule has 2 aromatic rings. The second-order valence-corrected chi connectivity index (χ2v) is 6.18. The number of nitro benzene ring substituents is 1. The number of nitrogens with two attached hydrogens (primary N) is 1. The lowest BCUT2D eigenvalue weighted by atomic mass is 10.3. The highest BCUT2D eigenvalue weighted by molar-refractivity contribution is 7.94. The molecule has 1 aromatic carbocycles. The highest BCUT2D eigenvalue weighted by atomic mass is 32.2. The maximum absolute atomic E-state index is 11.8. The van der Waals surface area contributed by atoms with E-state index in [9.17, 15) is 18.5 Å². The van der Waals surface area contributed by atoms with Crippen molar-refractivity contribution < 1.29 is 13.3 Å². The van der Waals surface area contributed by atoms with E-state index >= 15 is 0 Å². The first-order valence-electron chi connectivity index (χ1n) is 4.75. The van der Waals surface area contributed by atoms with Gasteiger partial charge in [-0.3, -0.25) is 14.8 Å². The number of benzene rings is 1. The number of nitrogens with one attached hydrogen (secondary N) is 1. The Morgan fingerprint density at radius 2 is 1.89 bits per heavy atom. The SMILES string of the molecule is Nc1nnc(S(=O)(=O)Nc2ccc([N+](=O)[O-])cc2)s1. The van der Waals surface area contributed by atoms with Crippen molar-refractivity contribution in [3.63, 3.8) is 0 Å². The van der Waals surface area contributed by atoms with Crippen LogP contribution in [0.2, 0.25) is 0 Å². The summed E-state index contributed by atoms with van der Waals surface area (Å²) >= 11 is 0.719. The molecule has 0 aliphatic carbocycles. The first-order chi connectivity index (χ1) is 8.88. The lowest BCUT2D eigenvalue weighted by Gasteiger charge is -2.04. The predicted molar refractivity (Wildman–Crippen MR) is 68.2 cm³/mol. The Bertz CT molecular complexity index is 709. The van der Waals surface area contributed by atoms with E-state index in [2.05, 4.69) is 14.9 Å². The molecule has 0 radical (unpaired) electrons. The average molecular weight is 301 g/mol. The summed E-state index contributed by atoms with van der Waals surface area (Å²) in [5.74, 6) is 0. The highest BCUT2D eigenvalue weighted by Crippen LogP contribution is 2.22. The van der Waals surface area contributed by atoms with E-state index in [0.29, 0.717) is 0 Å². The first-order valence-corrected chi connectivity index (χ1v) is 7.05. The molecular weight excluding hydrogens is 294 g/mol. The second-order valence-electron chi connectivity index (χ2n) is 3.32. The highest BCUT2D eigenvalue weighted by Gasteiger charge is 2.19. The van der Waals surface area contributed by atoms with Crippen LogP contribution in [0, 0.1) is 10.1 Å². The van der Waals surface area contributed by atoms with Gasteiger partial charge in [0.25, 0.3) is 20.1 Å². The van der Waals surface area contributed by atoms with Gasteiger partial charge in [-0.1, -0.05) is 11.3 Å². The molecule has 1 heterocycles. The Balaban J connectivity index is 2.23. The van der Waals surface area contributed by atoms with E-state index in [1.807, 2.05) is 0 Å². The Morgan fingerprint density at radius 3 is 2.37 bits per heavy atom. The minimum Gasteiger partial charge on any atom is -0.374 e. The molecule has 9 nitrogen and oxygen atoms in total. The fourth-order valence-electron chi connectivity index (χ4n) is 1.18. The number of nitrogen functional groups attached to an aromatic ring is 1. The van der Waals surface area contributed by atoms with Crippen molar-refractivity contribution >= 4 is 37.9 Å². The quantitative estimate of drug-likeness (QED) is 0.629. The summed E-state index contributed by atoms with van der Waals surface area (Å²) in [6, 6.07) is 4.93. The van der Waals surface area contributed by atoms with E-state index < -0.39 is 14.9 Å². The van der Waals surface area contributed by atoms with Gasteiger partial charge in [0, 0.05) is 17.8 Å². The smallest absolute Gasteiger partial charge is 0.291 e. The third-order valence-electron chi connectivity index (χ3n) is 1.98. The predicted octanol–water partition coefficient (Wildman–Crippen LogP) is 0.829. The monoisotopic (exact) mass is 301 g/mol. The molecule has 0 aliphatic heterocycles. The van der Waals surface area contributed by atoms with E-state index in [-0.39, 0.29) is 20.8 Å². The molecular formula is C8H7N5O4S2. The van der Waals surface area contributed by atoms with Crippen LogP contribution in [-0.2, 0) is 10.0 Å². The van der Waals surface area contributed by atoms with Crippen LogP contribution in [0.25, 0.3) is 0 Å². The van der Waals surface area contributed by atoms with E-state index in [1.54, 1.807) is 0 Å². The summed E-state index contributed by atoms with van der Waals surface area (Å²) in [6.07, 6.45) is 0. The lowest BCUT2D eigenvalue weighted by molar-refractivity contribution is -0.384. The minimum absolute atomic E-state index is 0.0316. The van der Waals surface area contributed by atoms with Gasteiger partial charge in [0.2, 0.25) is 5.13 Å². The van der Waals surface area contributed by atoms with Gasteiger partial charge in [-0.15, -0.1) is 10.2 Å². The van der Waals surface area contributed by atoms with Crippen molar-refractivity contribution in [1.29, 1.82) is 0 Å². The van der Waals surface area contributed by atoms with Crippen molar-refractivity contribution in [3.8, 4) is 0 Å². The molecule has 0 saturated carbocycles. The summed E-state index contributed by atoms with van der Waals surface area (Å²) < 4.78 is 25.6. The Labute approximate surface area is 111 Å². The summed E-state index contributed by atoms with van der Waals surface area (Å²) in [7, 11) is -3.88. The van der Waals surface area contributed by atoms with E-state index in [0.717, 1.165) is 11.3 Å². The first kappa shape index (κ1) is 13.2. The zero-order chi connectivity index (χ0) is 14.0. The number of hydrogen-bond acceptors (Lipinski definition) is 8. The van der Waals surface area contributed by atoms with Crippen molar-refractivity contribution in [2.75, 3.05) is 10.5 Å². The van der Waals surface area contributed by atoms with Gasteiger partial charge in [-0.05, 0) is 12.1 Å². The van der Waals surface area contributed by atoms with Gasteiger partial charge in [0.15, 0.2) is 0 Å². The van der Waals surface area contributed by atoms with Crippen molar-refractivity contribution in [3.05, 3.63) is 34.4 Å². The maximum atomic E-state index is 11.8. The summed E-state index contributed by atoms with van der Waals surface area (Å²) in [5, 5.41) is 17.3. The Morgan fingerprint density at radius 1 is 1.26 bits per heavy atom. The molecule has 0 saturated heterocycles. The van der Waals surface area contributed by atoms with Crippen LogP contribution in [-0.4, -0.2) is 23.5 Å². The fraction of sp³-hybridized carbons (Fsp3) is 0. The Hall–Kier alpha value is -2.27. The van der Waals surface area contributed by atoms with Gasteiger partial charge in [-0.25, -0.2) is 0 Å². The van der Waals surface area contributed by atoms with Crippen LogP contribution in [0.4, 0.5) is 16.5 Å². The van der Waals surface area contributed by atoms with E-state index in [4.69, 9.17) is 5.73 Å². The minimum atomic E-state index is -3.88. The summed E-state index contributed by atoms with van der Waals surface area (Å²) in [6.45, 7) is 0. The van der Waals surface area contributed by atoms with Crippen LogP contribution in [0.5, 0.6) is 0 Å². The van der Waals surface area contributed by atoms with Gasteiger partial charge in [0.05, 0.1) is 4.92 Å². The molecule has 0 aliphatic rings. The molecule has 0 fully saturated rings. The molecule has 11 heteroatoms. The zero-order valence-corrected chi connectivity index (χ0v) is 10.8. The van der Waals surface area contributed by atoms with Gasteiger partial charge in [-0.2, -0.15) is 8.42 Å². The largest absolute Gasteiger partial charge is 0.374 e. The molecule has 0 bridgehead atoms. The van der Waals surface area contributed by atoms with Crippen LogP contribution in [0.15, 0.2) is 28.6 Å². The third kappa shape index (κ3) is 2.95. The van der Waals surface area contributed by atoms with Crippen LogP contribution >= 0.6 is 11.3 Å². The average Bonchev–Trinajstić information content (AvgIpc) is 2.77. The molecule has 0 amide bonds. The fourth-order valence-corrected chi connectivity index (χ4v) is 3.02. The number of hydrogen-bond donors (Lipinski definition) is 2. The van der Waals surface area contributed by atoms with Gasteiger partial charge in [0.1, 0.15) is 0 Å². The number of aromatic nitrogens is 2. The Kier molecular flexibility index (Phi) is 3.31. The normalized spacial score (nSPS) is 11.2. The molecule has 1 aromatic heterocycles. The molecule has 3 N–H and O–H groups in total. The summed E-state index contributed by atoms with van der Waals surface area (Å²) in [5.41, 5.74) is 5.34. The number of sulfonamides is 1. The molecule has 19 heavy (non-hydrogen) atoms. The molecule has 2 rings (SSSR count). The second kappa shape index (κ2) is 4.78. The standard InChI is InChI=1S/C8H7N5O4S2/c9-7-10-11-8(18-7)19(16,17)12-5-1-3-6(4-2-5)13(14)15/h1-4,12H,(H2,9,10). The van der Waals surface area contributed by atoms with Crippen molar-refractivity contribution in [1.82, 2.24) is 10.2 Å². The summed E-state index contributed by atoms with van der Waals surface area (Å²) in [4.78, 5) is 9.88. The molecule has 100 valence electrons. The number of nitrogens with zero attached hydrogens (tertiary/aromatic N) is 3. The molecule has 0 atom stereocenters. The number of nitro groups is 1. The van der Waals surface area contributed by atoms with Gasteiger partial charge >= 0.3 is 0 Å². The zero-order valence-electron chi connectivity index (χ0n) is 9.18. The number of rotatable bonds is 4. The van der Waals surface area contributed by atoms with Crippen LogP contribution in [0.1, 0.15) is 0 Å².